The fourth-order valence-electron chi connectivity index (χ4n) is 5.27. The molecule has 0 aromatic carbocycles. The maximum Gasteiger partial charge on any atom is 0.264 e. The van der Waals surface area contributed by atoms with Crippen LogP contribution in [-0.2, 0) is 12.8 Å². The van der Waals surface area contributed by atoms with E-state index in [1.807, 2.05) is 0 Å². The zero-order chi connectivity index (χ0) is 14.8. The van der Waals surface area contributed by atoms with Crippen LogP contribution in [0.25, 0.3) is 0 Å². The van der Waals surface area contributed by atoms with Crippen molar-refractivity contribution in [2.75, 3.05) is 6.54 Å². The van der Waals surface area contributed by atoms with Crippen molar-refractivity contribution in [2.24, 2.45) is 10.8 Å². The van der Waals surface area contributed by atoms with Gasteiger partial charge in [-0.15, -0.1) is 11.3 Å². The molecule has 2 heterocycles. The van der Waals surface area contributed by atoms with Crippen molar-refractivity contribution >= 4 is 17.2 Å². The molecule has 3 heteroatoms. The molecule has 0 spiro atoms. The minimum atomic E-state index is 0.306. The molecular formula is C18H25NOS. The first kappa shape index (κ1) is 13.8. The molecule has 1 saturated carbocycles. The van der Waals surface area contributed by atoms with Gasteiger partial charge in [0.15, 0.2) is 0 Å². The highest BCUT2D eigenvalue weighted by Crippen LogP contribution is 2.52. The number of thiophene rings is 1. The summed E-state index contributed by atoms with van der Waals surface area (Å²) in [6.45, 7) is 8.07. The van der Waals surface area contributed by atoms with E-state index in [1.54, 1.807) is 11.3 Å². The molecule has 1 aromatic heterocycles. The Hall–Kier alpha value is -0.830. The van der Waals surface area contributed by atoms with E-state index in [0.717, 1.165) is 11.4 Å². The highest BCUT2D eigenvalue weighted by molar-refractivity contribution is 7.14. The standard InChI is InChI=1S/C18H25NOS/c1-17(2)8-13-9-18(3,10-17)11-19(13)16(20)15-7-12-5-4-6-14(12)21-15/h7,13H,4-6,8-11H2,1-3H3/t13-,18+/m1/s1. The molecule has 2 bridgehead atoms. The van der Waals surface area contributed by atoms with Gasteiger partial charge in [-0.2, -0.15) is 0 Å². The van der Waals surface area contributed by atoms with Crippen molar-refractivity contribution in [2.45, 2.75) is 65.3 Å². The minimum absolute atomic E-state index is 0.306. The molecule has 1 aliphatic heterocycles. The van der Waals surface area contributed by atoms with Crippen LogP contribution in [0.3, 0.4) is 0 Å². The van der Waals surface area contributed by atoms with Crippen LogP contribution in [0.2, 0.25) is 0 Å². The number of likely N-dealkylation sites (tertiary alicyclic amines) is 1. The molecule has 1 saturated heterocycles. The van der Waals surface area contributed by atoms with Crippen molar-refractivity contribution in [1.82, 2.24) is 4.90 Å². The monoisotopic (exact) mass is 303 g/mol. The largest absolute Gasteiger partial charge is 0.334 e. The zero-order valence-electron chi connectivity index (χ0n) is 13.4. The van der Waals surface area contributed by atoms with E-state index in [2.05, 4.69) is 31.7 Å². The lowest BCUT2D eigenvalue weighted by Crippen LogP contribution is -2.37. The molecule has 2 aliphatic carbocycles. The first-order valence-corrected chi connectivity index (χ1v) is 9.10. The normalized spacial score (nSPS) is 33.3. The van der Waals surface area contributed by atoms with E-state index in [-0.39, 0.29) is 0 Å². The average molecular weight is 303 g/mol. The summed E-state index contributed by atoms with van der Waals surface area (Å²) in [4.78, 5) is 17.6. The van der Waals surface area contributed by atoms with E-state index in [0.29, 0.717) is 22.8 Å². The molecule has 0 N–H and O–H groups in total. The predicted molar refractivity (Wildman–Crippen MR) is 86.9 cm³/mol. The van der Waals surface area contributed by atoms with Crippen molar-refractivity contribution in [1.29, 1.82) is 0 Å². The number of amides is 1. The molecule has 2 atom stereocenters. The number of nitrogens with zero attached hydrogens (tertiary/aromatic N) is 1. The van der Waals surface area contributed by atoms with Crippen LogP contribution in [0.5, 0.6) is 0 Å². The van der Waals surface area contributed by atoms with E-state index in [9.17, 15) is 4.79 Å². The van der Waals surface area contributed by atoms with Crippen LogP contribution in [-0.4, -0.2) is 23.4 Å². The summed E-state index contributed by atoms with van der Waals surface area (Å²) in [5.74, 6) is 0.306. The van der Waals surface area contributed by atoms with Gasteiger partial charge in [-0.1, -0.05) is 20.8 Å². The molecule has 1 aromatic rings. The van der Waals surface area contributed by atoms with E-state index in [4.69, 9.17) is 0 Å². The predicted octanol–water partition coefficient (Wildman–Crippen LogP) is 4.28. The Morgan fingerprint density at radius 3 is 2.86 bits per heavy atom. The van der Waals surface area contributed by atoms with Crippen LogP contribution in [0.1, 0.15) is 66.6 Å². The molecule has 21 heavy (non-hydrogen) atoms. The van der Waals surface area contributed by atoms with Crippen molar-refractivity contribution in [3.05, 3.63) is 21.4 Å². The Balaban J connectivity index is 1.60. The Bertz CT molecular complexity index is 581. The second-order valence-electron chi connectivity index (χ2n) is 8.56. The summed E-state index contributed by atoms with van der Waals surface area (Å²) < 4.78 is 0. The van der Waals surface area contributed by atoms with Gasteiger partial charge in [0, 0.05) is 17.5 Å². The molecule has 0 radical (unpaired) electrons. The van der Waals surface area contributed by atoms with E-state index < -0.39 is 0 Å². The number of hydrogen-bond donors (Lipinski definition) is 0. The smallest absolute Gasteiger partial charge is 0.264 e. The van der Waals surface area contributed by atoms with Gasteiger partial charge in [0.2, 0.25) is 0 Å². The second-order valence-corrected chi connectivity index (χ2v) is 9.70. The third-order valence-corrected chi connectivity index (χ3v) is 6.86. The number of rotatable bonds is 1. The van der Waals surface area contributed by atoms with Gasteiger partial charge < -0.3 is 4.90 Å². The van der Waals surface area contributed by atoms with Crippen LogP contribution >= 0.6 is 11.3 Å². The molecule has 0 unspecified atom stereocenters. The first-order chi connectivity index (χ1) is 9.85. The zero-order valence-corrected chi connectivity index (χ0v) is 14.2. The van der Waals surface area contributed by atoms with Crippen LogP contribution in [0.4, 0.5) is 0 Å². The maximum absolute atomic E-state index is 13.0. The van der Waals surface area contributed by atoms with E-state index >= 15 is 0 Å². The fraction of sp³-hybridized carbons (Fsp3) is 0.722. The Kier molecular flexibility index (Phi) is 2.86. The molecule has 2 nitrogen and oxygen atoms in total. The number of carbonyl (C=O) groups excluding carboxylic acids is 1. The van der Waals surface area contributed by atoms with Crippen LogP contribution < -0.4 is 0 Å². The van der Waals surface area contributed by atoms with Crippen molar-refractivity contribution in [3.8, 4) is 0 Å². The number of hydrogen-bond acceptors (Lipinski definition) is 2. The highest BCUT2D eigenvalue weighted by Gasteiger charge is 2.51. The first-order valence-electron chi connectivity index (χ1n) is 8.28. The summed E-state index contributed by atoms with van der Waals surface area (Å²) in [5.41, 5.74) is 2.16. The van der Waals surface area contributed by atoms with Gasteiger partial charge in [-0.3, -0.25) is 4.79 Å². The highest BCUT2D eigenvalue weighted by atomic mass is 32.1. The molecule has 3 aliphatic rings. The summed E-state index contributed by atoms with van der Waals surface area (Å²) in [7, 11) is 0. The van der Waals surface area contributed by atoms with Gasteiger partial charge in [-0.05, 0) is 61.0 Å². The quantitative estimate of drug-likeness (QED) is 0.758. The Labute approximate surface area is 131 Å². The lowest BCUT2D eigenvalue weighted by atomic mass is 9.65. The second kappa shape index (κ2) is 4.34. The summed E-state index contributed by atoms with van der Waals surface area (Å²) in [5, 5.41) is 0. The molecule has 4 rings (SSSR count). The minimum Gasteiger partial charge on any atom is -0.334 e. The summed E-state index contributed by atoms with van der Waals surface area (Å²) >= 11 is 1.76. The Morgan fingerprint density at radius 1 is 1.29 bits per heavy atom. The summed E-state index contributed by atoms with van der Waals surface area (Å²) in [6, 6.07) is 2.65. The Morgan fingerprint density at radius 2 is 2.10 bits per heavy atom. The van der Waals surface area contributed by atoms with Crippen LogP contribution in [0.15, 0.2) is 6.07 Å². The lowest BCUT2D eigenvalue weighted by molar-refractivity contribution is 0.0713. The van der Waals surface area contributed by atoms with Gasteiger partial charge in [0.05, 0.1) is 4.88 Å². The third kappa shape index (κ3) is 2.25. The molecule has 1 amide bonds. The maximum atomic E-state index is 13.0. The van der Waals surface area contributed by atoms with E-state index in [1.165, 1.54) is 49.0 Å². The molecule has 114 valence electrons. The number of fused-ring (bicyclic) bond motifs is 3. The van der Waals surface area contributed by atoms with Crippen molar-refractivity contribution in [3.63, 3.8) is 0 Å². The average Bonchev–Trinajstić information content (AvgIpc) is 2.97. The topological polar surface area (TPSA) is 20.3 Å². The fourth-order valence-corrected chi connectivity index (χ4v) is 6.48. The third-order valence-electron chi connectivity index (χ3n) is 5.63. The SMILES string of the molecule is CC1(C)C[C@@H]2C[C@](C)(CN2C(=O)c2cc3c(s2)CCC3)C1. The molecule has 2 fully saturated rings. The van der Waals surface area contributed by atoms with Crippen LogP contribution in [0, 0.1) is 10.8 Å². The number of carbonyl (C=O) groups is 1. The lowest BCUT2D eigenvalue weighted by Gasteiger charge is -2.39. The van der Waals surface area contributed by atoms with Crippen molar-refractivity contribution < 1.29 is 4.79 Å². The van der Waals surface area contributed by atoms with Gasteiger partial charge >= 0.3 is 0 Å². The summed E-state index contributed by atoms with van der Waals surface area (Å²) in [6.07, 6.45) is 7.25. The van der Waals surface area contributed by atoms with Gasteiger partial charge in [0.1, 0.15) is 0 Å². The molecular weight excluding hydrogens is 278 g/mol. The van der Waals surface area contributed by atoms with Gasteiger partial charge in [0.25, 0.3) is 5.91 Å². The number of aryl methyl sites for hydroxylation is 2. The van der Waals surface area contributed by atoms with Gasteiger partial charge in [-0.25, -0.2) is 0 Å².